The molecule has 6 heteroatoms. The molecule has 4 nitrogen and oxygen atoms in total. The Balaban J connectivity index is 1.45. The smallest absolute Gasteiger partial charge is 0.214 e. The van der Waals surface area contributed by atoms with E-state index in [1.165, 1.54) is 12.1 Å². The van der Waals surface area contributed by atoms with Crippen LogP contribution in [0.1, 0.15) is 29.5 Å². The van der Waals surface area contributed by atoms with Gasteiger partial charge in [-0.05, 0) is 54.2 Å². The van der Waals surface area contributed by atoms with Gasteiger partial charge in [0.15, 0.2) is 0 Å². The Hall–Kier alpha value is -1.92. The number of nitrogens with zero attached hydrogens (tertiary/aromatic N) is 1. The predicted molar refractivity (Wildman–Crippen MR) is 98.1 cm³/mol. The van der Waals surface area contributed by atoms with Crippen molar-refractivity contribution in [1.82, 2.24) is 4.31 Å². The fourth-order valence-electron chi connectivity index (χ4n) is 3.35. The largest absolute Gasteiger partial charge is 0.493 e. The number of hydrogen-bond acceptors (Lipinski definition) is 3. The minimum absolute atomic E-state index is 0.0819. The summed E-state index contributed by atoms with van der Waals surface area (Å²) in [5.74, 6) is 0.687. The molecule has 2 aromatic carbocycles. The first-order valence-electron chi connectivity index (χ1n) is 9.00. The van der Waals surface area contributed by atoms with Crippen molar-refractivity contribution in [3.8, 4) is 5.75 Å². The standard InChI is InChI=1S/C20H22FNO3S/c21-18-4-1-16(2-5-18)14-22(19-6-7-19)26(23,24)12-10-15-3-8-20-17(13-15)9-11-25-20/h1-5,8,13,19H,6-7,9-12,14H2. The Morgan fingerprint density at radius 2 is 1.81 bits per heavy atom. The van der Waals surface area contributed by atoms with E-state index in [0.717, 1.165) is 41.7 Å². The first-order chi connectivity index (χ1) is 12.5. The average Bonchev–Trinajstić information content (AvgIpc) is 3.35. The summed E-state index contributed by atoms with van der Waals surface area (Å²) in [6.07, 6.45) is 3.17. The van der Waals surface area contributed by atoms with Crippen LogP contribution in [0.5, 0.6) is 5.75 Å². The maximum absolute atomic E-state index is 13.1. The number of fused-ring (bicyclic) bond motifs is 1. The Labute approximate surface area is 153 Å². The summed E-state index contributed by atoms with van der Waals surface area (Å²) >= 11 is 0. The molecule has 2 aromatic rings. The van der Waals surface area contributed by atoms with Crippen molar-refractivity contribution in [1.29, 1.82) is 0 Å². The average molecular weight is 375 g/mol. The molecule has 1 fully saturated rings. The molecule has 0 unspecified atom stereocenters. The molecule has 0 amide bonds. The van der Waals surface area contributed by atoms with Crippen molar-refractivity contribution in [2.75, 3.05) is 12.4 Å². The molecule has 4 rings (SSSR count). The van der Waals surface area contributed by atoms with Crippen LogP contribution < -0.4 is 4.74 Å². The highest BCUT2D eigenvalue weighted by atomic mass is 32.2. The van der Waals surface area contributed by atoms with E-state index in [2.05, 4.69) is 6.07 Å². The van der Waals surface area contributed by atoms with E-state index in [-0.39, 0.29) is 17.6 Å². The second kappa shape index (κ2) is 7.00. The molecule has 1 saturated carbocycles. The van der Waals surface area contributed by atoms with Gasteiger partial charge in [-0.1, -0.05) is 24.3 Å². The molecule has 1 heterocycles. The van der Waals surface area contributed by atoms with E-state index in [1.807, 2.05) is 12.1 Å². The van der Waals surface area contributed by atoms with Gasteiger partial charge in [-0.3, -0.25) is 0 Å². The number of benzene rings is 2. The van der Waals surface area contributed by atoms with Crippen molar-refractivity contribution in [3.63, 3.8) is 0 Å². The van der Waals surface area contributed by atoms with Gasteiger partial charge in [-0.25, -0.2) is 12.8 Å². The molecule has 0 saturated heterocycles. The van der Waals surface area contributed by atoms with Gasteiger partial charge in [-0.2, -0.15) is 4.31 Å². The zero-order valence-electron chi connectivity index (χ0n) is 14.5. The number of aryl methyl sites for hydroxylation is 1. The summed E-state index contributed by atoms with van der Waals surface area (Å²) in [5, 5.41) is 0. The topological polar surface area (TPSA) is 46.6 Å². The fourth-order valence-corrected chi connectivity index (χ4v) is 5.09. The summed E-state index contributed by atoms with van der Waals surface area (Å²) in [6, 6.07) is 12.1. The van der Waals surface area contributed by atoms with E-state index in [0.29, 0.717) is 19.6 Å². The minimum atomic E-state index is -3.37. The van der Waals surface area contributed by atoms with Gasteiger partial charge in [0.1, 0.15) is 11.6 Å². The molecule has 0 radical (unpaired) electrons. The van der Waals surface area contributed by atoms with Crippen LogP contribution >= 0.6 is 0 Å². The zero-order valence-corrected chi connectivity index (χ0v) is 15.3. The maximum Gasteiger partial charge on any atom is 0.214 e. The molecule has 26 heavy (non-hydrogen) atoms. The monoisotopic (exact) mass is 375 g/mol. The third kappa shape index (κ3) is 3.91. The fraction of sp³-hybridized carbons (Fsp3) is 0.400. The minimum Gasteiger partial charge on any atom is -0.493 e. The number of rotatable bonds is 7. The number of halogens is 1. The van der Waals surface area contributed by atoms with E-state index in [1.54, 1.807) is 16.4 Å². The van der Waals surface area contributed by atoms with Gasteiger partial charge in [0, 0.05) is 19.0 Å². The van der Waals surface area contributed by atoms with E-state index < -0.39 is 10.0 Å². The molecule has 0 atom stereocenters. The van der Waals surface area contributed by atoms with Gasteiger partial charge in [-0.15, -0.1) is 0 Å². The van der Waals surface area contributed by atoms with Crippen LogP contribution in [0.4, 0.5) is 4.39 Å². The van der Waals surface area contributed by atoms with Crippen molar-refractivity contribution in [2.24, 2.45) is 0 Å². The Kier molecular flexibility index (Phi) is 4.71. The molecule has 0 spiro atoms. The van der Waals surface area contributed by atoms with Crippen LogP contribution in [-0.4, -0.2) is 31.1 Å². The zero-order chi connectivity index (χ0) is 18.1. The summed E-state index contributed by atoms with van der Waals surface area (Å²) in [5.41, 5.74) is 3.00. The van der Waals surface area contributed by atoms with Gasteiger partial charge < -0.3 is 4.74 Å². The lowest BCUT2D eigenvalue weighted by molar-refractivity contribution is 0.357. The second-order valence-electron chi connectivity index (χ2n) is 7.01. The van der Waals surface area contributed by atoms with Gasteiger partial charge in [0.2, 0.25) is 10.0 Å². The highest BCUT2D eigenvalue weighted by Gasteiger charge is 2.36. The van der Waals surface area contributed by atoms with Gasteiger partial charge in [0.05, 0.1) is 12.4 Å². The van der Waals surface area contributed by atoms with E-state index in [9.17, 15) is 12.8 Å². The maximum atomic E-state index is 13.1. The van der Waals surface area contributed by atoms with Crippen LogP contribution in [0.3, 0.4) is 0 Å². The summed E-state index contributed by atoms with van der Waals surface area (Å²) in [4.78, 5) is 0. The van der Waals surface area contributed by atoms with Crippen molar-refractivity contribution in [3.05, 3.63) is 65.0 Å². The van der Waals surface area contributed by atoms with Crippen LogP contribution in [-0.2, 0) is 29.4 Å². The quantitative estimate of drug-likeness (QED) is 0.746. The summed E-state index contributed by atoms with van der Waals surface area (Å²) < 4.78 is 46.0. The third-order valence-electron chi connectivity index (χ3n) is 4.97. The van der Waals surface area contributed by atoms with E-state index >= 15 is 0 Å². The highest BCUT2D eigenvalue weighted by molar-refractivity contribution is 7.89. The lowest BCUT2D eigenvalue weighted by Gasteiger charge is -2.22. The van der Waals surface area contributed by atoms with Crippen LogP contribution in [0.2, 0.25) is 0 Å². The van der Waals surface area contributed by atoms with E-state index in [4.69, 9.17) is 4.74 Å². The van der Waals surface area contributed by atoms with Crippen molar-refractivity contribution >= 4 is 10.0 Å². The molecular weight excluding hydrogens is 353 g/mol. The lowest BCUT2D eigenvalue weighted by Crippen LogP contribution is -2.35. The van der Waals surface area contributed by atoms with Crippen molar-refractivity contribution in [2.45, 2.75) is 38.3 Å². The second-order valence-corrected chi connectivity index (χ2v) is 9.05. The number of sulfonamides is 1. The molecule has 2 aliphatic rings. The normalized spacial score (nSPS) is 16.5. The highest BCUT2D eigenvalue weighted by Crippen LogP contribution is 2.32. The number of hydrogen-bond donors (Lipinski definition) is 0. The molecule has 0 N–H and O–H groups in total. The Bertz CT molecular complexity index is 892. The van der Waals surface area contributed by atoms with Crippen molar-refractivity contribution < 1.29 is 17.5 Å². The molecule has 0 bridgehead atoms. The Morgan fingerprint density at radius 1 is 1.08 bits per heavy atom. The summed E-state index contributed by atoms with van der Waals surface area (Å²) in [6.45, 7) is 1.01. The Morgan fingerprint density at radius 3 is 2.54 bits per heavy atom. The first kappa shape index (κ1) is 17.5. The summed E-state index contributed by atoms with van der Waals surface area (Å²) in [7, 11) is -3.37. The molecule has 1 aliphatic carbocycles. The van der Waals surface area contributed by atoms with Gasteiger partial charge >= 0.3 is 0 Å². The SMILES string of the molecule is O=S(=O)(CCc1ccc2c(c1)CCO2)N(Cc1ccc(F)cc1)C1CC1. The molecule has 138 valence electrons. The lowest BCUT2D eigenvalue weighted by atomic mass is 10.1. The third-order valence-corrected chi connectivity index (χ3v) is 6.83. The molecule has 1 aliphatic heterocycles. The predicted octanol–water partition coefficient (Wildman–Crippen LogP) is 3.30. The first-order valence-corrected chi connectivity index (χ1v) is 10.6. The van der Waals surface area contributed by atoms with Crippen LogP contribution in [0.15, 0.2) is 42.5 Å². The molecule has 0 aromatic heterocycles. The molecular formula is C20H22FNO3S. The van der Waals surface area contributed by atoms with Gasteiger partial charge in [0.25, 0.3) is 0 Å². The number of ether oxygens (including phenoxy) is 1. The van der Waals surface area contributed by atoms with Crippen LogP contribution in [0, 0.1) is 5.82 Å². The van der Waals surface area contributed by atoms with Crippen LogP contribution in [0.25, 0.3) is 0 Å².